The lowest BCUT2D eigenvalue weighted by atomic mass is 9.96. The van der Waals surface area contributed by atoms with E-state index < -0.39 is 18.0 Å². The predicted molar refractivity (Wildman–Crippen MR) is 114 cm³/mol. The number of nitrogens with one attached hydrogen (secondary N) is 1. The number of thiazole rings is 1. The van der Waals surface area contributed by atoms with Gasteiger partial charge in [0.15, 0.2) is 10.9 Å². The second-order valence-electron chi connectivity index (χ2n) is 7.45. The third-order valence-electron chi connectivity index (χ3n) is 5.15. The van der Waals surface area contributed by atoms with E-state index >= 15 is 0 Å². The Bertz CT molecular complexity index is 1290. The summed E-state index contributed by atoms with van der Waals surface area (Å²) in [7, 11) is 0. The normalized spacial score (nSPS) is 14.2. The average Bonchev–Trinajstić information content (AvgIpc) is 3.44. The van der Waals surface area contributed by atoms with Crippen molar-refractivity contribution in [1.82, 2.24) is 14.8 Å². The second-order valence-corrected chi connectivity index (χ2v) is 8.45. The molecule has 11 heteroatoms. The van der Waals surface area contributed by atoms with Crippen molar-refractivity contribution in [2.45, 2.75) is 32.2 Å². The molecule has 32 heavy (non-hydrogen) atoms. The maximum atomic E-state index is 13.9. The number of aliphatic hydroxyl groups is 1. The number of rotatable bonds is 4. The van der Waals surface area contributed by atoms with Crippen LogP contribution in [0.3, 0.4) is 0 Å². The quantitative estimate of drug-likeness (QED) is 0.301. The van der Waals surface area contributed by atoms with Gasteiger partial charge in [-0.25, -0.2) is 9.67 Å². The number of furan rings is 1. The SMILES string of the molecule is CC(O)Nc1nc2c(s1)-c1c(c(-c3ccco3)nn1-c1ccc(N)cc1C(F)(F)F)CC2. The Morgan fingerprint density at radius 3 is 2.78 bits per heavy atom. The summed E-state index contributed by atoms with van der Waals surface area (Å²) in [5.74, 6) is 0.472. The van der Waals surface area contributed by atoms with Crippen molar-refractivity contribution >= 4 is 22.2 Å². The highest BCUT2D eigenvalue weighted by Crippen LogP contribution is 2.46. The number of nitrogens with two attached hydrogens (primary N) is 1. The van der Waals surface area contributed by atoms with Crippen LogP contribution in [0, 0.1) is 0 Å². The van der Waals surface area contributed by atoms with Crippen LogP contribution in [0.5, 0.6) is 0 Å². The van der Waals surface area contributed by atoms with E-state index in [2.05, 4.69) is 15.4 Å². The number of fused-ring (bicyclic) bond motifs is 3. The Balaban J connectivity index is 1.78. The van der Waals surface area contributed by atoms with Gasteiger partial charge in [-0.15, -0.1) is 0 Å². The molecule has 3 aromatic heterocycles. The van der Waals surface area contributed by atoms with Crippen LogP contribution >= 0.6 is 11.3 Å². The number of nitrogens with zero attached hydrogens (tertiary/aromatic N) is 3. The van der Waals surface area contributed by atoms with Crippen LogP contribution in [0.4, 0.5) is 24.0 Å². The molecule has 4 aromatic rings. The molecule has 1 aliphatic carbocycles. The monoisotopic (exact) mass is 461 g/mol. The minimum atomic E-state index is -4.63. The highest BCUT2D eigenvalue weighted by atomic mass is 32.1. The Morgan fingerprint density at radius 1 is 1.28 bits per heavy atom. The molecule has 0 amide bonds. The van der Waals surface area contributed by atoms with Crippen LogP contribution in [0.25, 0.3) is 27.7 Å². The molecule has 0 bridgehead atoms. The van der Waals surface area contributed by atoms with Crippen molar-refractivity contribution in [3.8, 4) is 27.7 Å². The zero-order chi connectivity index (χ0) is 22.6. The van der Waals surface area contributed by atoms with Crippen LogP contribution in [-0.2, 0) is 19.0 Å². The summed E-state index contributed by atoms with van der Waals surface area (Å²) in [6, 6.07) is 7.08. The molecule has 0 saturated carbocycles. The molecule has 4 N–H and O–H groups in total. The molecule has 7 nitrogen and oxygen atoms in total. The first-order valence-corrected chi connectivity index (χ1v) is 10.6. The lowest BCUT2D eigenvalue weighted by molar-refractivity contribution is -0.137. The fourth-order valence-corrected chi connectivity index (χ4v) is 5.01. The summed E-state index contributed by atoms with van der Waals surface area (Å²) >= 11 is 1.26. The highest BCUT2D eigenvalue weighted by Gasteiger charge is 2.37. The Kier molecular flexibility index (Phi) is 4.75. The predicted octanol–water partition coefficient (Wildman–Crippen LogP) is 4.71. The van der Waals surface area contributed by atoms with Crippen LogP contribution in [0.1, 0.15) is 23.7 Å². The number of halogens is 3. The summed E-state index contributed by atoms with van der Waals surface area (Å²) in [6.07, 6.45) is -2.82. The molecule has 5 rings (SSSR count). The number of aliphatic hydroxyl groups excluding tert-OH is 1. The van der Waals surface area contributed by atoms with Crippen molar-refractivity contribution in [3.05, 3.63) is 53.4 Å². The van der Waals surface area contributed by atoms with E-state index in [1.165, 1.54) is 34.4 Å². The number of anilines is 2. The summed E-state index contributed by atoms with van der Waals surface area (Å²) < 4.78 is 48.5. The Hall–Kier alpha value is -3.31. The van der Waals surface area contributed by atoms with Crippen LogP contribution in [-0.4, -0.2) is 26.1 Å². The van der Waals surface area contributed by atoms with E-state index in [0.29, 0.717) is 40.0 Å². The fourth-order valence-electron chi connectivity index (χ4n) is 3.86. The summed E-state index contributed by atoms with van der Waals surface area (Å²) in [5.41, 5.74) is 7.20. The average molecular weight is 461 g/mol. The maximum absolute atomic E-state index is 13.9. The summed E-state index contributed by atoms with van der Waals surface area (Å²) in [6.45, 7) is 1.56. The fraction of sp³-hybridized carbons (Fsp3) is 0.238. The van der Waals surface area contributed by atoms with E-state index in [1.807, 2.05) is 0 Å². The number of aromatic nitrogens is 3. The maximum Gasteiger partial charge on any atom is 0.418 e. The zero-order valence-corrected chi connectivity index (χ0v) is 17.6. The zero-order valence-electron chi connectivity index (χ0n) is 16.8. The number of benzene rings is 1. The molecular weight excluding hydrogens is 443 g/mol. The van der Waals surface area contributed by atoms with E-state index in [0.717, 1.165) is 17.3 Å². The van der Waals surface area contributed by atoms with Crippen molar-refractivity contribution in [2.75, 3.05) is 11.1 Å². The molecule has 0 radical (unpaired) electrons. The number of aryl methyl sites for hydroxylation is 1. The van der Waals surface area contributed by atoms with Crippen molar-refractivity contribution in [3.63, 3.8) is 0 Å². The molecule has 0 spiro atoms. The van der Waals surface area contributed by atoms with Gasteiger partial charge in [-0.3, -0.25) is 0 Å². The summed E-state index contributed by atoms with van der Waals surface area (Å²) in [5, 5.41) is 17.6. The molecule has 3 heterocycles. The van der Waals surface area contributed by atoms with Crippen LogP contribution in [0.2, 0.25) is 0 Å². The van der Waals surface area contributed by atoms with E-state index in [4.69, 9.17) is 10.2 Å². The van der Waals surface area contributed by atoms with Gasteiger partial charge in [0, 0.05) is 11.3 Å². The first-order chi connectivity index (χ1) is 15.2. The second kappa shape index (κ2) is 7.38. The highest BCUT2D eigenvalue weighted by molar-refractivity contribution is 7.19. The van der Waals surface area contributed by atoms with Gasteiger partial charge >= 0.3 is 6.18 Å². The largest absolute Gasteiger partial charge is 0.463 e. The smallest absolute Gasteiger partial charge is 0.418 e. The van der Waals surface area contributed by atoms with E-state index in [1.54, 1.807) is 19.1 Å². The molecule has 0 fully saturated rings. The molecule has 1 aromatic carbocycles. The van der Waals surface area contributed by atoms with Crippen molar-refractivity contribution < 1.29 is 22.7 Å². The van der Waals surface area contributed by atoms with E-state index in [-0.39, 0.29) is 11.4 Å². The number of nitrogen functional groups attached to an aromatic ring is 1. The molecule has 1 unspecified atom stereocenters. The van der Waals surface area contributed by atoms with Gasteiger partial charge < -0.3 is 20.6 Å². The lowest BCUT2D eigenvalue weighted by Gasteiger charge is -2.17. The molecule has 166 valence electrons. The van der Waals surface area contributed by atoms with Gasteiger partial charge in [0.1, 0.15) is 11.9 Å². The molecular formula is C21H18F3N5O2S. The number of hydrogen-bond donors (Lipinski definition) is 3. The Labute approximate surface area is 184 Å². The topological polar surface area (TPSA) is 102 Å². The Morgan fingerprint density at radius 2 is 2.09 bits per heavy atom. The van der Waals surface area contributed by atoms with Gasteiger partial charge in [0.25, 0.3) is 0 Å². The molecule has 1 aliphatic rings. The first-order valence-electron chi connectivity index (χ1n) is 9.80. The van der Waals surface area contributed by atoms with Gasteiger partial charge in [0.2, 0.25) is 0 Å². The van der Waals surface area contributed by atoms with Gasteiger partial charge in [-0.05, 0) is 50.1 Å². The van der Waals surface area contributed by atoms with Gasteiger partial charge in [-0.1, -0.05) is 11.3 Å². The summed E-state index contributed by atoms with van der Waals surface area (Å²) in [4.78, 5) is 5.22. The third kappa shape index (κ3) is 3.43. The lowest BCUT2D eigenvalue weighted by Crippen LogP contribution is -2.14. The van der Waals surface area contributed by atoms with Gasteiger partial charge in [0.05, 0.1) is 33.8 Å². The third-order valence-corrected chi connectivity index (χ3v) is 6.18. The number of hydrogen-bond acceptors (Lipinski definition) is 7. The van der Waals surface area contributed by atoms with E-state index in [9.17, 15) is 18.3 Å². The van der Waals surface area contributed by atoms with Crippen molar-refractivity contribution in [2.24, 2.45) is 0 Å². The minimum absolute atomic E-state index is 0.00950. The molecule has 1 atom stereocenters. The van der Waals surface area contributed by atoms with Crippen LogP contribution in [0.15, 0.2) is 41.0 Å². The number of alkyl halides is 3. The molecule has 0 aliphatic heterocycles. The van der Waals surface area contributed by atoms with Gasteiger partial charge in [-0.2, -0.15) is 18.3 Å². The first kappa shape index (κ1) is 20.6. The van der Waals surface area contributed by atoms with Crippen molar-refractivity contribution in [1.29, 1.82) is 0 Å². The standard InChI is InChI=1S/C21H18F3N5O2S/c1-10(30)26-20-27-14-6-5-12-17(16-3-2-8-31-16)28-29(18(12)19(14)32-20)15-7-4-11(25)9-13(15)21(22,23)24/h2-4,7-10,30H,5-6,25H2,1H3,(H,26,27). The minimum Gasteiger partial charge on any atom is -0.463 e. The van der Waals surface area contributed by atoms with Crippen LogP contribution < -0.4 is 11.1 Å². The molecule has 0 saturated heterocycles.